The Morgan fingerprint density at radius 2 is 2.00 bits per heavy atom. The number of hydrogen-bond acceptors (Lipinski definition) is 6. The highest BCUT2D eigenvalue weighted by atomic mass is 16.5. The summed E-state index contributed by atoms with van der Waals surface area (Å²) in [5.74, 6) is 0.935. The highest BCUT2D eigenvalue weighted by Gasteiger charge is 2.23. The first-order valence-corrected chi connectivity index (χ1v) is 10.4. The van der Waals surface area contributed by atoms with Crippen molar-refractivity contribution in [2.75, 3.05) is 5.73 Å². The zero-order chi connectivity index (χ0) is 21.5. The summed E-state index contributed by atoms with van der Waals surface area (Å²) in [5, 5.41) is 4.60. The van der Waals surface area contributed by atoms with Crippen molar-refractivity contribution in [3.63, 3.8) is 0 Å². The van der Waals surface area contributed by atoms with E-state index in [9.17, 15) is 0 Å². The van der Waals surface area contributed by atoms with Crippen molar-refractivity contribution in [2.24, 2.45) is 0 Å². The van der Waals surface area contributed by atoms with Crippen molar-refractivity contribution >= 4 is 5.82 Å². The smallest absolute Gasteiger partial charge is 0.166 e. The van der Waals surface area contributed by atoms with Crippen LogP contribution in [0, 0.1) is 6.92 Å². The fourth-order valence-corrected chi connectivity index (χ4v) is 4.23. The molecule has 0 fully saturated rings. The number of fused-ring (bicyclic) bond motifs is 7. The third-order valence-electron chi connectivity index (χ3n) is 5.74. The van der Waals surface area contributed by atoms with Crippen LogP contribution in [0.2, 0.25) is 0 Å². The molecule has 0 saturated heterocycles. The molecule has 31 heavy (non-hydrogen) atoms. The monoisotopic (exact) mass is 412 g/mol. The van der Waals surface area contributed by atoms with E-state index in [2.05, 4.69) is 52.1 Å². The molecule has 7 nitrogen and oxygen atoms in total. The summed E-state index contributed by atoms with van der Waals surface area (Å²) < 4.78 is 8.33. The van der Waals surface area contributed by atoms with Crippen LogP contribution in [-0.4, -0.2) is 24.7 Å². The number of aromatic nitrogens is 5. The molecule has 0 spiro atoms. The summed E-state index contributed by atoms with van der Waals surface area (Å²) in [6, 6.07) is 8.31. The standard InChI is InChI=1S/C24H24N6O/c1-4-30-23-17(12-29-30)8-16-10-26-13-28-22(16)19-6-5-14(2)7-20(19)15(3)31-21-9-18(23)11-27-24(21)25/h5-7,9-13,15H,4,8H2,1-3H3,(H2,25,27). The molecule has 0 saturated carbocycles. The number of nitrogens with zero attached hydrogens (tertiary/aromatic N) is 5. The van der Waals surface area contributed by atoms with E-state index in [0.717, 1.165) is 51.3 Å². The van der Waals surface area contributed by atoms with E-state index in [1.165, 1.54) is 0 Å². The quantitative estimate of drug-likeness (QED) is 0.499. The van der Waals surface area contributed by atoms with Gasteiger partial charge in [0.15, 0.2) is 11.6 Å². The lowest BCUT2D eigenvalue weighted by atomic mass is 9.93. The molecule has 0 aliphatic carbocycles. The van der Waals surface area contributed by atoms with Gasteiger partial charge in [0.05, 0.1) is 17.6 Å². The van der Waals surface area contributed by atoms with Gasteiger partial charge in [-0.1, -0.05) is 23.8 Å². The van der Waals surface area contributed by atoms with E-state index in [-0.39, 0.29) is 6.10 Å². The molecule has 4 aromatic rings. The Kier molecular flexibility index (Phi) is 4.66. The molecule has 1 unspecified atom stereocenters. The Bertz CT molecular complexity index is 1280. The highest BCUT2D eigenvalue weighted by Crippen LogP contribution is 2.38. The summed E-state index contributed by atoms with van der Waals surface area (Å²) in [4.78, 5) is 13.4. The minimum atomic E-state index is -0.243. The van der Waals surface area contributed by atoms with Crippen LogP contribution in [0.3, 0.4) is 0 Å². The number of benzene rings is 1. The molecule has 0 amide bonds. The zero-order valence-electron chi connectivity index (χ0n) is 17.8. The average molecular weight is 412 g/mol. The van der Waals surface area contributed by atoms with Gasteiger partial charge in [0, 0.05) is 53.2 Å². The van der Waals surface area contributed by atoms with Gasteiger partial charge in [0.25, 0.3) is 0 Å². The number of pyridine rings is 1. The first-order valence-electron chi connectivity index (χ1n) is 10.4. The second-order valence-electron chi connectivity index (χ2n) is 7.87. The summed E-state index contributed by atoms with van der Waals surface area (Å²) in [6.45, 7) is 6.92. The Morgan fingerprint density at radius 3 is 2.84 bits per heavy atom. The van der Waals surface area contributed by atoms with Crippen LogP contribution in [0.5, 0.6) is 5.75 Å². The Hall–Kier alpha value is -3.74. The molecule has 2 bridgehead atoms. The van der Waals surface area contributed by atoms with Gasteiger partial charge in [-0.05, 0) is 26.8 Å². The molecule has 4 heterocycles. The number of nitrogens with two attached hydrogens (primary N) is 1. The fraction of sp³-hybridized carbons (Fsp3) is 0.250. The van der Waals surface area contributed by atoms with Gasteiger partial charge in [-0.15, -0.1) is 0 Å². The van der Waals surface area contributed by atoms with Gasteiger partial charge in [0.1, 0.15) is 12.4 Å². The highest BCUT2D eigenvalue weighted by molar-refractivity contribution is 5.71. The van der Waals surface area contributed by atoms with E-state index in [1.807, 2.05) is 30.1 Å². The van der Waals surface area contributed by atoms with Crippen LogP contribution >= 0.6 is 0 Å². The lowest BCUT2D eigenvalue weighted by molar-refractivity contribution is 0.228. The van der Waals surface area contributed by atoms with Gasteiger partial charge in [-0.3, -0.25) is 4.68 Å². The maximum atomic E-state index is 6.36. The van der Waals surface area contributed by atoms with E-state index in [0.29, 0.717) is 18.0 Å². The maximum Gasteiger partial charge on any atom is 0.166 e. The first kappa shape index (κ1) is 19.2. The van der Waals surface area contributed by atoms with E-state index >= 15 is 0 Å². The summed E-state index contributed by atoms with van der Waals surface area (Å²) in [6.07, 6.45) is 7.60. The summed E-state index contributed by atoms with van der Waals surface area (Å²) >= 11 is 0. The molecule has 1 aliphatic rings. The van der Waals surface area contributed by atoms with Gasteiger partial charge < -0.3 is 10.5 Å². The summed E-state index contributed by atoms with van der Waals surface area (Å²) in [7, 11) is 0. The third-order valence-corrected chi connectivity index (χ3v) is 5.74. The van der Waals surface area contributed by atoms with E-state index < -0.39 is 0 Å². The van der Waals surface area contributed by atoms with Crippen molar-refractivity contribution in [2.45, 2.75) is 39.8 Å². The molecule has 2 N–H and O–H groups in total. The molecule has 7 heteroatoms. The lowest BCUT2D eigenvalue weighted by Crippen LogP contribution is -2.10. The maximum absolute atomic E-state index is 6.36. The lowest BCUT2D eigenvalue weighted by Gasteiger charge is -2.22. The van der Waals surface area contributed by atoms with Gasteiger partial charge >= 0.3 is 0 Å². The van der Waals surface area contributed by atoms with Crippen LogP contribution in [0.25, 0.3) is 22.5 Å². The second-order valence-corrected chi connectivity index (χ2v) is 7.87. The fourth-order valence-electron chi connectivity index (χ4n) is 4.23. The SMILES string of the molecule is CCn1ncc2c1-c1cnc(N)c(c1)OC(C)c1cc(C)ccc1-c1ncncc1C2. The number of aryl methyl sites for hydroxylation is 2. The Morgan fingerprint density at radius 1 is 1.13 bits per heavy atom. The molecule has 0 radical (unpaired) electrons. The minimum absolute atomic E-state index is 0.243. The third kappa shape index (κ3) is 3.32. The topological polar surface area (TPSA) is 91.7 Å². The van der Waals surface area contributed by atoms with Crippen molar-refractivity contribution in [3.05, 3.63) is 71.4 Å². The van der Waals surface area contributed by atoms with Gasteiger partial charge in [-0.25, -0.2) is 15.0 Å². The van der Waals surface area contributed by atoms with Crippen LogP contribution < -0.4 is 10.5 Å². The Labute approximate surface area is 181 Å². The van der Waals surface area contributed by atoms with Crippen LogP contribution in [0.4, 0.5) is 5.82 Å². The minimum Gasteiger partial charge on any atom is -0.482 e. The molecular formula is C24H24N6O. The Balaban J connectivity index is 1.81. The van der Waals surface area contributed by atoms with Crippen molar-refractivity contribution in [3.8, 4) is 28.3 Å². The van der Waals surface area contributed by atoms with Crippen LogP contribution in [-0.2, 0) is 13.0 Å². The number of anilines is 1. The molecule has 1 atom stereocenters. The van der Waals surface area contributed by atoms with Crippen LogP contribution in [0.15, 0.2) is 49.2 Å². The second kappa shape index (κ2) is 7.50. The van der Waals surface area contributed by atoms with Gasteiger partial charge in [0.2, 0.25) is 0 Å². The molecule has 1 aromatic carbocycles. The predicted octanol–water partition coefficient (Wildman–Crippen LogP) is 4.36. The predicted molar refractivity (Wildman–Crippen MR) is 120 cm³/mol. The van der Waals surface area contributed by atoms with E-state index in [1.54, 1.807) is 12.5 Å². The van der Waals surface area contributed by atoms with Crippen molar-refractivity contribution in [1.82, 2.24) is 24.7 Å². The van der Waals surface area contributed by atoms with E-state index in [4.69, 9.17) is 10.5 Å². The largest absolute Gasteiger partial charge is 0.482 e. The number of rotatable bonds is 1. The molecule has 156 valence electrons. The average Bonchev–Trinajstić information content (AvgIpc) is 3.17. The van der Waals surface area contributed by atoms with Gasteiger partial charge in [-0.2, -0.15) is 5.10 Å². The van der Waals surface area contributed by atoms with Crippen molar-refractivity contribution < 1.29 is 4.74 Å². The zero-order valence-corrected chi connectivity index (χ0v) is 17.8. The molecule has 3 aromatic heterocycles. The number of nitrogen functional groups attached to an aromatic ring is 1. The van der Waals surface area contributed by atoms with Crippen LogP contribution in [0.1, 0.15) is 42.2 Å². The molecule has 5 rings (SSSR count). The molecular weight excluding hydrogens is 388 g/mol. The molecule has 1 aliphatic heterocycles. The van der Waals surface area contributed by atoms with Crippen molar-refractivity contribution in [1.29, 1.82) is 0 Å². The first-order chi connectivity index (χ1) is 15.0. The normalized spacial score (nSPS) is 15.0. The number of hydrogen-bond donors (Lipinski definition) is 1. The number of ether oxygens (including phenoxy) is 1. The summed E-state index contributed by atoms with van der Waals surface area (Å²) in [5.41, 5.74) is 14.4.